The highest BCUT2D eigenvalue weighted by Gasteiger charge is 2.13. The molecule has 5 nitrogen and oxygen atoms in total. The SMILES string of the molecule is COC(=O)c1cc(F)ccc1NCc1nccn1C. The first-order chi connectivity index (χ1) is 9.11. The van der Waals surface area contributed by atoms with Crippen molar-refractivity contribution >= 4 is 11.7 Å². The van der Waals surface area contributed by atoms with Crippen LogP contribution in [0.2, 0.25) is 0 Å². The maximum atomic E-state index is 13.2. The van der Waals surface area contributed by atoms with E-state index in [4.69, 9.17) is 0 Å². The number of imidazole rings is 1. The van der Waals surface area contributed by atoms with Gasteiger partial charge in [-0.3, -0.25) is 0 Å². The zero-order valence-corrected chi connectivity index (χ0v) is 10.7. The molecule has 0 atom stereocenters. The number of nitrogens with one attached hydrogen (secondary N) is 1. The average molecular weight is 263 g/mol. The van der Waals surface area contributed by atoms with Gasteiger partial charge in [0.15, 0.2) is 0 Å². The van der Waals surface area contributed by atoms with Crippen molar-refractivity contribution in [2.24, 2.45) is 7.05 Å². The number of aryl methyl sites for hydroxylation is 1. The van der Waals surface area contributed by atoms with Crippen LogP contribution in [0.25, 0.3) is 0 Å². The van der Waals surface area contributed by atoms with Gasteiger partial charge in [0.05, 0.1) is 19.2 Å². The molecular formula is C13H14FN3O2. The van der Waals surface area contributed by atoms with Crippen molar-refractivity contribution in [1.29, 1.82) is 0 Å². The van der Waals surface area contributed by atoms with Crippen LogP contribution in [0.5, 0.6) is 0 Å². The van der Waals surface area contributed by atoms with E-state index in [0.29, 0.717) is 12.2 Å². The third-order valence-electron chi connectivity index (χ3n) is 2.74. The van der Waals surface area contributed by atoms with Crippen molar-refractivity contribution < 1.29 is 13.9 Å². The second kappa shape index (κ2) is 5.51. The summed E-state index contributed by atoms with van der Waals surface area (Å²) in [5, 5.41) is 3.05. The highest BCUT2D eigenvalue weighted by molar-refractivity contribution is 5.95. The van der Waals surface area contributed by atoms with Crippen LogP contribution in [0.4, 0.5) is 10.1 Å². The number of carbonyl (C=O) groups is 1. The Morgan fingerprint density at radius 2 is 2.32 bits per heavy atom. The Hall–Kier alpha value is -2.37. The van der Waals surface area contributed by atoms with Crippen LogP contribution in [0.1, 0.15) is 16.2 Å². The molecule has 0 bridgehead atoms. The monoisotopic (exact) mass is 263 g/mol. The summed E-state index contributed by atoms with van der Waals surface area (Å²) in [6.45, 7) is 0.430. The molecule has 0 saturated heterocycles. The van der Waals surface area contributed by atoms with Gasteiger partial charge in [-0.1, -0.05) is 0 Å². The second-order valence-electron chi connectivity index (χ2n) is 3.99. The van der Waals surface area contributed by atoms with E-state index in [9.17, 15) is 9.18 Å². The van der Waals surface area contributed by atoms with Gasteiger partial charge < -0.3 is 14.6 Å². The van der Waals surface area contributed by atoms with Gasteiger partial charge in [-0.05, 0) is 18.2 Å². The third-order valence-corrected chi connectivity index (χ3v) is 2.74. The highest BCUT2D eigenvalue weighted by atomic mass is 19.1. The van der Waals surface area contributed by atoms with Crippen molar-refractivity contribution in [3.63, 3.8) is 0 Å². The summed E-state index contributed by atoms with van der Waals surface area (Å²) in [5.41, 5.74) is 0.674. The summed E-state index contributed by atoms with van der Waals surface area (Å²) in [4.78, 5) is 15.7. The van der Waals surface area contributed by atoms with E-state index in [2.05, 4.69) is 15.0 Å². The molecule has 0 aliphatic heterocycles. The number of benzene rings is 1. The van der Waals surface area contributed by atoms with Crippen LogP contribution in [0, 0.1) is 5.82 Å². The van der Waals surface area contributed by atoms with Crippen LogP contribution in [-0.2, 0) is 18.3 Å². The Morgan fingerprint density at radius 1 is 1.53 bits per heavy atom. The number of carbonyl (C=O) groups excluding carboxylic acids is 1. The van der Waals surface area contributed by atoms with Gasteiger partial charge in [0.1, 0.15) is 11.6 Å². The number of esters is 1. The zero-order valence-electron chi connectivity index (χ0n) is 10.7. The number of hydrogen-bond acceptors (Lipinski definition) is 4. The molecule has 0 amide bonds. The number of aromatic nitrogens is 2. The van der Waals surface area contributed by atoms with Crippen LogP contribution >= 0.6 is 0 Å². The maximum absolute atomic E-state index is 13.2. The van der Waals surface area contributed by atoms with Gasteiger partial charge in [0.25, 0.3) is 0 Å². The van der Waals surface area contributed by atoms with E-state index in [1.807, 2.05) is 17.8 Å². The smallest absolute Gasteiger partial charge is 0.340 e. The first-order valence-corrected chi connectivity index (χ1v) is 5.69. The van der Waals surface area contributed by atoms with E-state index < -0.39 is 11.8 Å². The fraction of sp³-hybridized carbons (Fsp3) is 0.231. The Balaban J connectivity index is 2.20. The van der Waals surface area contributed by atoms with E-state index in [1.165, 1.54) is 19.2 Å². The first-order valence-electron chi connectivity index (χ1n) is 5.69. The molecule has 0 spiro atoms. The fourth-order valence-electron chi connectivity index (χ4n) is 1.69. The van der Waals surface area contributed by atoms with Gasteiger partial charge in [0.2, 0.25) is 0 Å². The molecule has 0 aliphatic rings. The molecule has 0 unspecified atom stereocenters. The van der Waals surface area contributed by atoms with Crippen molar-refractivity contribution in [2.75, 3.05) is 12.4 Å². The maximum Gasteiger partial charge on any atom is 0.340 e. The van der Waals surface area contributed by atoms with Crippen molar-refractivity contribution in [2.45, 2.75) is 6.54 Å². The van der Waals surface area contributed by atoms with E-state index >= 15 is 0 Å². The molecule has 19 heavy (non-hydrogen) atoms. The van der Waals surface area contributed by atoms with Gasteiger partial charge in [-0.2, -0.15) is 0 Å². The van der Waals surface area contributed by atoms with Crippen molar-refractivity contribution in [3.05, 3.63) is 47.8 Å². The lowest BCUT2D eigenvalue weighted by Crippen LogP contribution is -2.11. The minimum Gasteiger partial charge on any atom is -0.465 e. The predicted molar refractivity (Wildman–Crippen MR) is 68.3 cm³/mol. The van der Waals surface area contributed by atoms with Crippen LogP contribution in [0.3, 0.4) is 0 Å². The summed E-state index contributed by atoms with van der Waals surface area (Å²) in [5.74, 6) is -0.259. The minimum absolute atomic E-state index is 0.164. The highest BCUT2D eigenvalue weighted by Crippen LogP contribution is 2.18. The number of nitrogens with zero attached hydrogens (tertiary/aromatic N) is 2. The molecule has 1 aromatic heterocycles. The zero-order chi connectivity index (χ0) is 13.8. The summed E-state index contributed by atoms with van der Waals surface area (Å²) < 4.78 is 19.7. The van der Waals surface area contributed by atoms with Crippen LogP contribution in [0.15, 0.2) is 30.6 Å². The number of rotatable bonds is 4. The van der Waals surface area contributed by atoms with E-state index in [-0.39, 0.29) is 5.56 Å². The number of ether oxygens (including phenoxy) is 1. The molecule has 0 saturated carbocycles. The lowest BCUT2D eigenvalue weighted by atomic mass is 10.1. The Kier molecular flexibility index (Phi) is 3.79. The minimum atomic E-state index is -0.582. The summed E-state index contributed by atoms with van der Waals surface area (Å²) in [6, 6.07) is 3.93. The third kappa shape index (κ3) is 2.90. The molecule has 1 aromatic carbocycles. The molecular weight excluding hydrogens is 249 g/mol. The molecule has 6 heteroatoms. The van der Waals surface area contributed by atoms with Crippen LogP contribution in [-0.4, -0.2) is 22.6 Å². The summed E-state index contributed by atoms with van der Waals surface area (Å²) in [7, 11) is 3.13. The normalized spacial score (nSPS) is 10.3. The molecule has 2 rings (SSSR count). The number of anilines is 1. The molecule has 0 fully saturated rings. The lowest BCUT2D eigenvalue weighted by Gasteiger charge is -2.10. The number of methoxy groups -OCH3 is 1. The van der Waals surface area contributed by atoms with Crippen molar-refractivity contribution in [3.8, 4) is 0 Å². The molecule has 1 heterocycles. The lowest BCUT2D eigenvalue weighted by molar-refractivity contribution is 0.0601. The average Bonchev–Trinajstić information content (AvgIpc) is 2.82. The summed E-state index contributed by atoms with van der Waals surface area (Å²) in [6.07, 6.45) is 3.51. The Bertz CT molecular complexity index is 595. The fourth-order valence-corrected chi connectivity index (χ4v) is 1.69. The molecule has 1 N–H and O–H groups in total. The van der Waals surface area contributed by atoms with Gasteiger partial charge in [-0.25, -0.2) is 14.2 Å². The topological polar surface area (TPSA) is 56.1 Å². The van der Waals surface area contributed by atoms with Crippen molar-refractivity contribution in [1.82, 2.24) is 9.55 Å². The Morgan fingerprint density at radius 3 is 2.95 bits per heavy atom. The quantitative estimate of drug-likeness (QED) is 0.857. The van der Waals surface area contributed by atoms with E-state index in [1.54, 1.807) is 6.20 Å². The Labute approximate surface area is 110 Å². The second-order valence-corrected chi connectivity index (χ2v) is 3.99. The molecule has 0 radical (unpaired) electrons. The standard InChI is InChI=1S/C13H14FN3O2/c1-17-6-5-15-12(17)8-16-11-4-3-9(14)7-10(11)13(18)19-2/h3-7,16H,8H2,1-2H3. The first kappa shape index (κ1) is 13.1. The molecule has 2 aromatic rings. The molecule has 0 aliphatic carbocycles. The van der Waals surface area contributed by atoms with E-state index in [0.717, 1.165) is 11.9 Å². The largest absolute Gasteiger partial charge is 0.465 e. The van der Waals surface area contributed by atoms with Gasteiger partial charge in [-0.15, -0.1) is 0 Å². The van der Waals surface area contributed by atoms with Gasteiger partial charge in [0, 0.05) is 25.1 Å². The van der Waals surface area contributed by atoms with Gasteiger partial charge >= 0.3 is 5.97 Å². The van der Waals surface area contributed by atoms with Crippen LogP contribution < -0.4 is 5.32 Å². The summed E-state index contributed by atoms with van der Waals surface area (Å²) >= 11 is 0. The predicted octanol–water partition coefficient (Wildman–Crippen LogP) is 1.96. The number of hydrogen-bond donors (Lipinski definition) is 1. The molecule has 100 valence electrons. The number of halogens is 1.